The van der Waals surface area contributed by atoms with E-state index in [1.165, 1.54) is 4.90 Å². The number of piperidine rings is 1. The molecule has 2 aromatic carbocycles. The number of nitrogens with one attached hydrogen (secondary N) is 1. The lowest BCUT2D eigenvalue weighted by Gasteiger charge is -2.50. The van der Waals surface area contributed by atoms with Crippen LogP contribution >= 0.6 is 0 Å². The van der Waals surface area contributed by atoms with Crippen LogP contribution in [0.3, 0.4) is 0 Å². The van der Waals surface area contributed by atoms with Crippen molar-refractivity contribution >= 4 is 28.6 Å². The predicted molar refractivity (Wildman–Crippen MR) is 174 cm³/mol. The summed E-state index contributed by atoms with van der Waals surface area (Å²) >= 11 is 0. The van der Waals surface area contributed by atoms with Crippen molar-refractivity contribution in [3.63, 3.8) is 0 Å². The fourth-order valence-electron chi connectivity index (χ4n) is 8.81. The maximum atomic E-state index is 15.6. The Morgan fingerprint density at radius 2 is 1.81 bits per heavy atom. The molecule has 3 aliphatic carbocycles. The van der Waals surface area contributed by atoms with Crippen LogP contribution in [-0.4, -0.2) is 82.2 Å². The highest BCUT2D eigenvalue weighted by molar-refractivity contribution is 6.05. The van der Waals surface area contributed by atoms with Crippen molar-refractivity contribution in [3.8, 4) is 5.75 Å². The van der Waals surface area contributed by atoms with Crippen LogP contribution in [-0.2, 0) is 32.8 Å². The molecule has 0 radical (unpaired) electrons. The largest absolute Gasteiger partial charge is 0.489 e. The van der Waals surface area contributed by atoms with Gasteiger partial charge in [0, 0.05) is 67.7 Å². The zero-order chi connectivity index (χ0) is 33.2. The Bertz CT molecular complexity index is 1790. The van der Waals surface area contributed by atoms with E-state index in [0.717, 1.165) is 67.3 Å². The van der Waals surface area contributed by atoms with Crippen LogP contribution in [0.15, 0.2) is 42.5 Å². The topological polar surface area (TPSA) is 121 Å². The lowest BCUT2D eigenvalue weighted by Crippen LogP contribution is -2.52. The summed E-state index contributed by atoms with van der Waals surface area (Å²) in [6.45, 7) is 2.68. The number of hydrogen-bond acceptors (Lipinski definition) is 8. The normalized spacial score (nSPS) is 30.3. The number of nitrogens with zero attached hydrogens (tertiary/aromatic N) is 3. The van der Waals surface area contributed by atoms with E-state index in [-0.39, 0.29) is 48.0 Å². The van der Waals surface area contributed by atoms with Gasteiger partial charge in [-0.2, -0.15) is 0 Å². The van der Waals surface area contributed by atoms with E-state index in [0.29, 0.717) is 42.9 Å². The van der Waals surface area contributed by atoms with Crippen molar-refractivity contribution in [2.45, 2.75) is 87.6 Å². The second-order valence-corrected chi connectivity index (χ2v) is 14.6. The fraction of sp³-hybridized carbons (Fsp3) is 0.514. The summed E-state index contributed by atoms with van der Waals surface area (Å²) in [5, 5.41) is 13.8. The summed E-state index contributed by atoms with van der Waals surface area (Å²) in [4.78, 5) is 45.8. The second kappa shape index (κ2) is 11.9. The highest BCUT2D eigenvalue weighted by atomic mass is 19.1. The van der Waals surface area contributed by atoms with Crippen LogP contribution in [0.4, 0.5) is 4.39 Å². The van der Waals surface area contributed by atoms with Crippen LogP contribution in [0.25, 0.3) is 10.9 Å². The Labute approximate surface area is 278 Å². The molecule has 2 saturated heterocycles. The number of hydrogen-bond donors (Lipinski definition) is 2. The van der Waals surface area contributed by atoms with Crippen molar-refractivity contribution < 1.29 is 33.4 Å². The molecule has 2 bridgehead atoms. The van der Waals surface area contributed by atoms with E-state index in [9.17, 15) is 19.5 Å². The number of ether oxygens (including phenoxy) is 2. The van der Waals surface area contributed by atoms with Gasteiger partial charge in [0.05, 0.1) is 12.2 Å². The number of methoxy groups -OCH3 is 1. The number of aliphatic hydroxyl groups is 1. The Kier molecular flexibility index (Phi) is 7.76. The molecule has 10 nitrogen and oxygen atoms in total. The number of likely N-dealkylation sites (tertiary alicyclic amines) is 1. The molecule has 5 fully saturated rings. The SMILES string of the molecule is COC[C@@H]1CN(Cc2cc(F)c3nc(C45CCC(O)(CC4)CC5)ccc3c2)C[C@H]1Oc1ccc2c(c1)CN([C@H]1CCC(=O)NC1=O)C2=O. The number of pyridine rings is 1. The molecule has 3 atom stereocenters. The highest BCUT2D eigenvalue weighted by Crippen LogP contribution is 2.53. The van der Waals surface area contributed by atoms with Crippen molar-refractivity contribution in [2.24, 2.45) is 5.92 Å². The molecule has 2 N–H and O–H groups in total. The van der Waals surface area contributed by atoms with Crippen LogP contribution in [0.2, 0.25) is 0 Å². The molecule has 9 rings (SSSR count). The Hall–Kier alpha value is -3.93. The van der Waals surface area contributed by atoms with Gasteiger partial charge in [0.15, 0.2) is 0 Å². The number of fused-ring (bicyclic) bond motifs is 5. The number of halogens is 1. The number of aromatic nitrogens is 1. The maximum Gasteiger partial charge on any atom is 0.255 e. The van der Waals surface area contributed by atoms with Crippen LogP contribution in [0.1, 0.15) is 78.5 Å². The van der Waals surface area contributed by atoms with E-state index in [4.69, 9.17) is 14.5 Å². The smallest absolute Gasteiger partial charge is 0.255 e. The third kappa shape index (κ3) is 5.55. The highest BCUT2D eigenvalue weighted by Gasteiger charge is 2.49. The van der Waals surface area contributed by atoms with E-state index >= 15 is 4.39 Å². The first-order valence-corrected chi connectivity index (χ1v) is 17.1. The Balaban J connectivity index is 0.951. The summed E-state index contributed by atoms with van der Waals surface area (Å²) in [5.74, 6) is -0.557. The van der Waals surface area contributed by atoms with Gasteiger partial charge < -0.3 is 19.5 Å². The number of benzene rings is 2. The standard InChI is InChI=1S/C37H41FN4O6/c1-47-21-25-18-41(17-22-14-23-2-6-31(39-33(23)28(38)15-22)36-8-11-37(46,12-9-36)13-10-36)20-30(25)48-26-3-4-27-24(16-26)19-42(35(27)45)29-5-7-32(43)40-34(29)44/h2-4,6,14-16,25,29-30,46H,5,7-13,17-21H2,1H3,(H,40,43,44)/t25-,29-,30+,36?,37?/m0/s1. The molecule has 3 amide bonds. The van der Waals surface area contributed by atoms with Gasteiger partial charge in [-0.1, -0.05) is 6.07 Å². The van der Waals surface area contributed by atoms with Gasteiger partial charge in [-0.3, -0.25) is 24.6 Å². The third-order valence-corrected chi connectivity index (χ3v) is 11.6. The quantitative estimate of drug-likeness (QED) is 0.350. The van der Waals surface area contributed by atoms with Crippen molar-refractivity contribution in [1.82, 2.24) is 20.1 Å². The average molecular weight is 657 g/mol. The molecule has 11 heteroatoms. The van der Waals surface area contributed by atoms with Crippen LogP contribution in [0.5, 0.6) is 5.75 Å². The van der Waals surface area contributed by atoms with E-state index in [1.54, 1.807) is 25.3 Å². The summed E-state index contributed by atoms with van der Waals surface area (Å²) in [6, 6.07) is 12.4. The van der Waals surface area contributed by atoms with Crippen LogP contribution < -0.4 is 10.1 Å². The molecule has 6 aliphatic rings. The van der Waals surface area contributed by atoms with Gasteiger partial charge in [0.1, 0.15) is 29.2 Å². The van der Waals surface area contributed by atoms with E-state index in [2.05, 4.69) is 16.3 Å². The minimum Gasteiger partial charge on any atom is -0.489 e. The number of carbonyl (C=O) groups excluding carboxylic acids is 3. The van der Waals surface area contributed by atoms with Crippen molar-refractivity contribution in [3.05, 3.63) is 70.7 Å². The van der Waals surface area contributed by atoms with Gasteiger partial charge in [-0.15, -0.1) is 0 Å². The first kappa shape index (κ1) is 31.3. The summed E-state index contributed by atoms with van der Waals surface area (Å²) in [7, 11) is 1.67. The summed E-state index contributed by atoms with van der Waals surface area (Å²) in [6.07, 6.45) is 5.39. The number of imide groups is 1. The molecule has 48 heavy (non-hydrogen) atoms. The third-order valence-electron chi connectivity index (χ3n) is 11.6. The van der Waals surface area contributed by atoms with E-state index < -0.39 is 17.6 Å². The van der Waals surface area contributed by atoms with Crippen molar-refractivity contribution in [1.29, 1.82) is 0 Å². The molecule has 3 saturated carbocycles. The number of amides is 3. The maximum absolute atomic E-state index is 15.6. The molecule has 252 valence electrons. The molecule has 4 heterocycles. The molecular weight excluding hydrogens is 615 g/mol. The first-order chi connectivity index (χ1) is 23.1. The molecule has 3 aliphatic heterocycles. The zero-order valence-corrected chi connectivity index (χ0v) is 27.2. The fourth-order valence-corrected chi connectivity index (χ4v) is 8.81. The number of rotatable bonds is 8. The first-order valence-electron chi connectivity index (χ1n) is 17.1. The molecule has 0 spiro atoms. The average Bonchev–Trinajstić information content (AvgIpc) is 3.60. The summed E-state index contributed by atoms with van der Waals surface area (Å²) < 4.78 is 27.7. The molecule has 1 aromatic heterocycles. The second-order valence-electron chi connectivity index (χ2n) is 14.6. The molecule has 3 aromatic rings. The predicted octanol–water partition coefficient (Wildman–Crippen LogP) is 4.00. The Morgan fingerprint density at radius 3 is 2.56 bits per heavy atom. The van der Waals surface area contributed by atoms with Gasteiger partial charge in [-0.05, 0) is 92.5 Å². The lowest BCUT2D eigenvalue weighted by atomic mass is 9.57. The monoisotopic (exact) mass is 656 g/mol. The number of carbonyl (C=O) groups is 3. The Morgan fingerprint density at radius 1 is 1.02 bits per heavy atom. The lowest BCUT2D eigenvalue weighted by molar-refractivity contribution is -0.136. The molecule has 0 unspecified atom stereocenters. The van der Waals surface area contributed by atoms with Gasteiger partial charge >= 0.3 is 0 Å². The molecular formula is C37H41FN4O6. The van der Waals surface area contributed by atoms with Gasteiger partial charge in [0.25, 0.3) is 5.91 Å². The van der Waals surface area contributed by atoms with Crippen molar-refractivity contribution in [2.75, 3.05) is 26.8 Å². The van der Waals surface area contributed by atoms with Crippen LogP contribution in [0, 0.1) is 11.7 Å². The minimum atomic E-state index is -0.666. The van der Waals surface area contributed by atoms with Gasteiger partial charge in [-0.25, -0.2) is 9.37 Å². The summed E-state index contributed by atoms with van der Waals surface area (Å²) in [5.41, 5.74) is 2.97. The van der Waals surface area contributed by atoms with E-state index in [1.807, 2.05) is 18.2 Å². The zero-order valence-electron chi connectivity index (χ0n) is 27.2. The van der Waals surface area contributed by atoms with Gasteiger partial charge in [0.2, 0.25) is 11.8 Å². The minimum absolute atomic E-state index is 0.0635.